The summed E-state index contributed by atoms with van der Waals surface area (Å²) in [5, 5.41) is 2.85. The van der Waals surface area contributed by atoms with Gasteiger partial charge in [-0.15, -0.1) is 0 Å². The normalized spacial score (nSPS) is 19.0. The van der Waals surface area contributed by atoms with Crippen LogP contribution in [0.2, 0.25) is 0 Å². The third-order valence-corrected chi connectivity index (χ3v) is 2.47. The number of carbonyl (C=O) groups excluding carboxylic acids is 1. The first-order valence-corrected chi connectivity index (χ1v) is 5.37. The standard InChI is InChI=1S/C10H20N2O/c1-2-11-10(13)12-8-6-4-3-5-7-9-12/h2-9H2,1H3,(H,11,13). The highest BCUT2D eigenvalue weighted by Gasteiger charge is 2.12. The van der Waals surface area contributed by atoms with Crippen molar-refractivity contribution in [2.24, 2.45) is 0 Å². The number of amides is 2. The van der Waals surface area contributed by atoms with Crippen molar-refractivity contribution in [3.63, 3.8) is 0 Å². The van der Waals surface area contributed by atoms with Crippen LogP contribution in [0.5, 0.6) is 0 Å². The lowest BCUT2D eigenvalue weighted by molar-refractivity contribution is 0.193. The van der Waals surface area contributed by atoms with E-state index >= 15 is 0 Å². The number of rotatable bonds is 1. The minimum absolute atomic E-state index is 0.115. The van der Waals surface area contributed by atoms with Gasteiger partial charge in [0.25, 0.3) is 0 Å². The molecule has 0 aromatic carbocycles. The lowest BCUT2D eigenvalue weighted by atomic mass is 10.1. The molecule has 3 nitrogen and oxygen atoms in total. The zero-order chi connectivity index (χ0) is 9.52. The van der Waals surface area contributed by atoms with Gasteiger partial charge in [0.05, 0.1) is 0 Å². The summed E-state index contributed by atoms with van der Waals surface area (Å²) in [6, 6.07) is 0.115. The Bertz CT molecular complexity index is 151. The summed E-state index contributed by atoms with van der Waals surface area (Å²) in [6.45, 7) is 4.56. The molecule has 0 atom stereocenters. The molecule has 0 bridgehead atoms. The Hall–Kier alpha value is -0.730. The van der Waals surface area contributed by atoms with Gasteiger partial charge >= 0.3 is 6.03 Å². The van der Waals surface area contributed by atoms with Crippen molar-refractivity contribution in [3.05, 3.63) is 0 Å². The molecule has 1 heterocycles. The summed E-state index contributed by atoms with van der Waals surface area (Å²) in [5.41, 5.74) is 0. The molecule has 0 aromatic heterocycles. The number of urea groups is 1. The fourth-order valence-electron chi connectivity index (χ4n) is 1.71. The summed E-state index contributed by atoms with van der Waals surface area (Å²) >= 11 is 0. The molecule has 0 radical (unpaired) electrons. The van der Waals surface area contributed by atoms with E-state index in [2.05, 4.69) is 5.32 Å². The third-order valence-electron chi connectivity index (χ3n) is 2.47. The predicted molar refractivity (Wildman–Crippen MR) is 53.7 cm³/mol. The monoisotopic (exact) mass is 184 g/mol. The molecule has 1 N–H and O–H groups in total. The number of hydrogen-bond donors (Lipinski definition) is 1. The van der Waals surface area contributed by atoms with Gasteiger partial charge in [-0.2, -0.15) is 0 Å². The number of carbonyl (C=O) groups is 1. The van der Waals surface area contributed by atoms with Crippen LogP contribution >= 0.6 is 0 Å². The Morgan fingerprint density at radius 1 is 1.15 bits per heavy atom. The highest BCUT2D eigenvalue weighted by Crippen LogP contribution is 2.10. The van der Waals surface area contributed by atoms with E-state index in [9.17, 15) is 4.79 Å². The Morgan fingerprint density at radius 3 is 2.23 bits per heavy atom. The van der Waals surface area contributed by atoms with Crippen molar-refractivity contribution < 1.29 is 4.79 Å². The molecule has 1 fully saturated rings. The maximum Gasteiger partial charge on any atom is 0.317 e. The van der Waals surface area contributed by atoms with E-state index in [0.717, 1.165) is 32.5 Å². The summed E-state index contributed by atoms with van der Waals surface area (Å²) in [5.74, 6) is 0. The molecule has 0 aromatic rings. The smallest absolute Gasteiger partial charge is 0.317 e. The molecule has 3 heteroatoms. The SMILES string of the molecule is CCNC(=O)N1CCCCCCC1. The Kier molecular flexibility index (Phi) is 4.65. The fourth-order valence-corrected chi connectivity index (χ4v) is 1.71. The molecule has 1 aliphatic rings. The second-order valence-corrected chi connectivity index (χ2v) is 3.59. The van der Waals surface area contributed by atoms with Crippen LogP contribution < -0.4 is 5.32 Å². The number of hydrogen-bond acceptors (Lipinski definition) is 1. The van der Waals surface area contributed by atoms with Crippen molar-refractivity contribution >= 4 is 6.03 Å². The molecule has 0 aliphatic carbocycles. The highest BCUT2D eigenvalue weighted by molar-refractivity contribution is 5.74. The average molecular weight is 184 g/mol. The van der Waals surface area contributed by atoms with E-state index in [1.54, 1.807) is 0 Å². The second-order valence-electron chi connectivity index (χ2n) is 3.59. The molecular weight excluding hydrogens is 164 g/mol. The van der Waals surface area contributed by atoms with Crippen molar-refractivity contribution in [1.29, 1.82) is 0 Å². The zero-order valence-corrected chi connectivity index (χ0v) is 8.51. The van der Waals surface area contributed by atoms with Gasteiger partial charge in [0.15, 0.2) is 0 Å². The number of likely N-dealkylation sites (tertiary alicyclic amines) is 1. The van der Waals surface area contributed by atoms with Crippen LogP contribution in [0.25, 0.3) is 0 Å². The van der Waals surface area contributed by atoms with Crippen LogP contribution in [0.4, 0.5) is 4.79 Å². The van der Waals surface area contributed by atoms with E-state index in [0.29, 0.717) is 0 Å². The van der Waals surface area contributed by atoms with Crippen LogP contribution in [-0.2, 0) is 0 Å². The Labute approximate surface area is 80.5 Å². The first-order chi connectivity index (χ1) is 6.34. The minimum atomic E-state index is 0.115. The van der Waals surface area contributed by atoms with Crippen molar-refractivity contribution in [1.82, 2.24) is 10.2 Å². The summed E-state index contributed by atoms with van der Waals surface area (Å²) in [7, 11) is 0. The van der Waals surface area contributed by atoms with Gasteiger partial charge < -0.3 is 10.2 Å². The van der Waals surface area contributed by atoms with E-state index < -0.39 is 0 Å². The van der Waals surface area contributed by atoms with Gasteiger partial charge in [-0.3, -0.25) is 0 Å². The van der Waals surface area contributed by atoms with Gasteiger partial charge in [-0.25, -0.2) is 4.79 Å². The third kappa shape index (κ3) is 3.66. The molecular formula is C10H20N2O. The lowest BCUT2D eigenvalue weighted by Crippen LogP contribution is -2.41. The van der Waals surface area contributed by atoms with Crippen LogP contribution in [0.15, 0.2) is 0 Å². The molecule has 13 heavy (non-hydrogen) atoms. The largest absolute Gasteiger partial charge is 0.338 e. The van der Waals surface area contributed by atoms with E-state index in [-0.39, 0.29) is 6.03 Å². The van der Waals surface area contributed by atoms with E-state index in [1.165, 1.54) is 19.3 Å². The zero-order valence-electron chi connectivity index (χ0n) is 8.51. The predicted octanol–water partition coefficient (Wildman–Crippen LogP) is 1.98. The highest BCUT2D eigenvalue weighted by atomic mass is 16.2. The maximum absolute atomic E-state index is 11.5. The first kappa shape index (κ1) is 10.4. The lowest BCUT2D eigenvalue weighted by Gasteiger charge is -2.24. The molecule has 76 valence electrons. The molecule has 0 unspecified atom stereocenters. The van der Waals surface area contributed by atoms with E-state index in [1.807, 2.05) is 11.8 Å². The molecule has 1 rings (SSSR count). The quantitative estimate of drug-likeness (QED) is 0.664. The first-order valence-electron chi connectivity index (χ1n) is 5.37. The number of nitrogens with one attached hydrogen (secondary N) is 1. The molecule has 2 amide bonds. The topological polar surface area (TPSA) is 32.3 Å². The van der Waals surface area contributed by atoms with Crippen molar-refractivity contribution in [2.45, 2.75) is 39.0 Å². The average Bonchev–Trinajstić information content (AvgIpc) is 2.03. The molecule has 0 saturated carbocycles. The van der Waals surface area contributed by atoms with Gasteiger partial charge in [-0.05, 0) is 19.8 Å². The van der Waals surface area contributed by atoms with Crippen molar-refractivity contribution in [3.8, 4) is 0 Å². The van der Waals surface area contributed by atoms with Crippen LogP contribution in [0, 0.1) is 0 Å². The maximum atomic E-state index is 11.5. The van der Waals surface area contributed by atoms with Gasteiger partial charge in [0, 0.05) is 19.6 Å². The van der Waals surface area contributed by atoms with Gasteiger partial charge in [-0.1, -0.05) is 19.3 Å². The van der Waals surface area contributed by atoms with Gasteiger partial charge in [0.1, 0.15) is 0 Å². The molecule has 0 spiro atoms. The van der Waals surface area contributed by atoms with Crippen LogP contribution in [0.1, 0.15) is 39.0 Å². The van der Waals surface area contributed by atoms with E-state index in [4.69, 9.17) is 0 Å². The van der Waals surface area contributed by atoms with Gasteiger partial charge in [0.2, 0.25) is 0 Å². The minimum Gasteiger partial charge on any atom is -0.338 e. The Morgan fingerprint density at radius 2 is 1.69 bits per heavy atom. The Balaban J connectivity index is 2.32. The van der Waals surface area contributed by atoms with Crippen molar-refractivity contribution in [2.75, 3.05) is 19.6 Å². The summed E-state index contributed by atoms with van der Waals surface area (Å²) < 4.78 is 0. The van der Waals surface area contributed by atoms with Crippen LogP contribution in [0.3, 0.4) is 0 Å². The summed E-state index contributed by atoms with van der Waals surface area (Å²) in [6.07, 6.45) is 6.21. The fraction of sp³-hybridized carbons (Fsp3) is 0.900. The molecule has 1 aliphatic heterocycles. The summed E-state index contributed by atoms with van der Waals surface area (Å²) in [4.78, 5) is 13.4. The van der Waals surface area contributed by atoms with Crippen LogP contribution in [-0.4, -0.2) is 30.6 Å². The number of nitrogens with zero attached hydrogens (tertiary/aromatic N) is 1. The second kappa shape index (κ2) is 5.84. The molecule has 1 saturated heterocycles.